The first-order valence-electron chi connectivity index (χ1n) is 5.87. The van der Waals surface area contributed by atoms with Crippen LogP contribution < -0.4 is 0 Å². The van der Waals surface area contributed by atoms with Crippen molar-refractivity contribution in [3.8, 4) is 0 Å². The third-order valence-corrected chi connectivity index (χ3v) is 4.47. The average molecular weight is 289 g/mol. The van der Waals surface area contributed by atoms with Gasteiger partial charge in [0.1, 0.15) is 0 Å². The van der Waals surface area contributed by atoms with E-state index in [1.165, 1.54) is 0 Å². The summed E-state index contributed by atoms with van der Waals surface area (Å²) >= 11 is 3.47. The van der Waals surface area contributed by atoms with Crippen LogP contribution in [0.25, 0.3) is 0 Å². The van der Waals surface area contributed by atoms with E-state index in [1.807, 2.05) is 5.98 Å². The van der Waals surface area contributed by atoms with Gasteiger partial charge in [0.05, 0.1) is 11.2 Å². The van der Waals surface area contributed by atoms with E-state index in [0.717, 1.165) is 11.8 Å². The fourth-order valence-corrected chi connectivity index (χ4v) is 1.72. The van der Waals surface area contributed by atoms with Crippen molar-refractivity contribution in [2.45, 2.75) is 52.2 Å². The van der Waals surface area contributed by atoms with Gasteiger partial charge in [0.15, 0.2) is 0 Å². The molecule has 92 valence electrons. The van der Waals surface area contributed by atoms with Crippen molar-refractivity contribution in [1.29, 1.82) is 0 Å². The lowest BCUT2D eigenvalue weighted by atomic mass is 9.89. The summed E-state index contributed by atoms with van der Waals surface area (Å²) in [5, 5.41) is 1.03. The SMILES string of the molecule is C[C@H](CBr)C/C=C/B1OC(C)(C)C(C)(C)O1. The van der Waals surface area contributed by atoms with Gasteiger partial charge in [-0.25, -0.2) is 0 Å². The minimum Gasteiger partial charge on any atom is -0.400 e. The monoisotopic (exact) mass is 288 g/mol. The highest BCUT2D eigenvalue weighted by atomic mass is 79.9. The summed E-state index contributed by atoms with van der Waals surface area (Å²) < 4.78 is 11.7. The molecule has 0 radical (unpaired) electrons. The van der Waals surface area contributed by atoms with Gasteiger partial charge in [-0.2, -0.15) is 0 Å². The van der Waals surface area contributed by atoms with Crippen LogP contribution in [0, 0.1) is 5.92 Å². The van der Waals surface area contributed by atoms with Crippen LogP contribution in [0.2, 0.25) is 0 Å². The van der Waals surface area contributed by atoms with E-state index in [9.17, 15) is 0 Å². The van der Waals surface area contributed by atoms with Gasteiger partial charge in [0, 0.05) is 5.33 Å². The molecule has 4 heteroatoms. The van der Waals surface area contributed by atoms with Crippen molar-refractivity contribution in [2.75, 3.05) is 5.33 Å². The van der Waals surface area contributed by atoms with Crippen LogP contribution in [0.4, 0.5) is 0 Å². The van der Waals surface area contributed by atoms with Gasteiger partial charge in [0.2, 0.25) is 0 Å². The summed E-state index contributed by atoms with van der Waals surface area (Å²) in [6, 6.07) is 0. The Kier molecular flexibility index (Phi) is 4.67. The highest BCUT2D eigenvalue weighted by Crippen LogP contribution is 2.36. The molecule has 0 amide bonds. The van der Waals surface area contributed by atoms with Gasteiger partial charge in [-0.3, -0.25) is 0 Å². The van der Waals surface area contributed by atoms with E-state index in [4.69, 9.17) is 9.31 Å². The van der Waals surface area contributed by atoms with E-state index in [0.29, 0.717) is 5.92 Å². The van der Waals surface area contributed by atoms with Gasteiger partial charge >= 0.3 is 7.12 Å². The van der Waals surface area contributed by atoms with Gasteiger partial charge in [-0.05, 0) is 40.0 Å². The van der Waals surface area contributed by atoms with Gasteiger partial charge in [-0.15, -0.1) is 0 Å². The van der Waals surface area contributed by atoms with Crippen LogP contribution in [0.5, 0.6) is 0 Å². The highest BCUT2D eigenvalue weighted by Gasteiger charge is 2.49. The van der Waals surface area contributed by atoms with Gasteiger partial charge < -0.3 is 9.31 Å². The number of hydrogen-bond acceptors (Lipinski definition) is 2. The van der Waals surface area contributed by atoms with Crippen LogP contribution in [-0.2, 0) is 9.31 Å². The maximum Gasteiger partial charge on any atom is 0.486 e. The quantitative estimate of drug-likeness (QED) is 0.581. The number of hydrogen-bond donors (Lipinski definition) is 0. The van der Waals surface area contributed by atoms with Crippen LogP contribution in [0.15, 0.2) is 12.1 Å². The molecular formula is C12H22BBrO2. The van der Waals surface area contributed by atoms with Crippen LogP contribution in [0.1, 0.15) is 41.0 Å². The molecule has 2 nitrogen and oxygen atoms in total. The molecule has 1 aliphatic heterocycles. The van der Waals surface area contributed by atoms with E-state index in [1.54, 1.807) is 0 Å². The zero-order valence-corrected chi connectivity index (χ0v) is 12.5. The maximum absolute atomic E-state index is 5.86. The fraction of sp³-hybridized carbons (Fsp3) is 0.833. The summed E-state index contributed by atoms with van der Waals surface area (Å²) in [6.45, 7) is 10.5. The van der Waals surface area contributed by atoms with Crippen molar-refractivity contribution in [2.24, 2.45) is 5.92 Å². The minimum absolute atomic E-state index is 0.201. The van der Waals surface area contributed by atoms with E-state index in [-0.39, 0.29) is 18.3 Å². The fourth-order valence-electron chi connectivity index (χ4n) is 1.45. The number of rotatable bonds is 4. The molecule has 1 heterocycles. The molecule has 0 spiro atoms. The van der Waals surface area contributed by atoms with E-state index in [2.05, 4.69) is 56.6 Å². The first kappa shape index (κ1) is 14.3. The van der Waals surface area contributed by atoms with E-state index < -0.39 is 0 Å². The standard InChI is InChI=1S/C12H22BBrO2/c1-10(9-14)7-6-8-13-15-11(2,3)12(4,5)16-13/h6,8,10H,7,9H2,1-5H3/b8-6+/t10-/m0/s1. The second-order valence-electron chi connectivity index (χ2n) is 5.55. The molecule has 0 aromatic heterocycles. The maximum atomic E-state index is 5.86. The van der Waals surface area contributed by atoms with Gasteiger partial charge in [-0.1, -0.05) is 34.9 Å². The Bertz CT molecular complexity index is 248. The Morgan fingerprint density at radius 3 is 2.12 bits per heavy atom. The lowest BCUT2D eigenvalue weighted by Gasteiger charge is -2.32. The zero-order chi connectivity index (χ0) is 12.4. The number of alkyl halides is 1. The summed E-state index contributed by atoms with van der Waals surface area (Å²) in [7, 11) is -0.201. The molecule has 0 unspecified atom stereocenters. The Morgan fingerprint density at radius 1 is 1.19 bits per heavy atom. The lowest BCUT2D eigenvalue weighted by molar-refractivity contribution is 0.00578. The van der Waals surface area contributed by atoms with Crippen LogP contribution >= 0.6 is 15.9 Å². The Morgan fingerprint density at radius 2 is 1.69 bits per heavy atom. The van der Waals surface area contributed by atoms with Crippen molar-refractivity contribution < 1.29 is 9.31 Å². The first-order chi connectivity index (χ1) is 7.28. The molecule has 1 rings (SSSR count). The summed E-state index contributed by atoms with van der Waals surface area (Å²) in [6.07, 6.45) is 3.20. The van der Waals surface area contributed by atoms with Crippen LogP contribution in [0.3, 0.4) is 0 Å². The molecule has 0 N–H and O–H groups in total. The number of allylic oxidation sites excluding steroid dienone is 1. The topological polar surface area (TPSA) is 18.5 Å². The van der Waals surface area contributed by atoms with Crippen molar-refractivity contribution in [3.63, 3.8) is 0 Å². The second-order valence-corrected chi connectivity index (χ2v) is 6.20. The molecule has 1 atom stereocenters. The Balaban J connectivity index is 2.48. The average Bonchev–Trinajstić information content (AvgIpc) is 2.35. The smallest absolute Gasteiger partial charge is 0.400 e. The molecule has 0 bridgehead atoms. The lowest BCUT2D eigenvalue weighted by Crippen LogP contribution is -2.41. The Labute approximate surface area is 108 Å². The Hall–Kier alpha value is 0.205. The summed E-state index contributed by atoms with van der Waals surface area (Å²) in [5.74, 6) is 2.68. The second kappa shape index (κ2) is 5.24. The minimum atomic E-state index is -0.233. The van der Waals surface area contributed by atoms with Crippen LogP contribution in [-0.4, -0.2) is 23.7 Å². The third-order valence-electron chi connectivity index (χ3n) is 3.37. The van der Waals surface area contributed by atoms with Crippen molar-refractivity contribution in [1.82, 2.24) is 0 Å². The van der Waals surface area contributed by atoms with Gasteiger partial charge in [0.25, 0.3) is 0 Å². The highest BCUT2D eigenvalue weighted by molar-refractivity contribution is 9.09. The molecule has 0 aliphatic carbocycles. The number of halogens is 1. The molecule has 16 heavy (non-hydrogen) atoms. The van der Waals surface area contributed by atoms with E-state index >= 15 is 0 Å². The largest absolute Gasteiger partial charge is 0.486 e. The molecule has 1 fully saturated rings. The predicted octanol–water partition coefficient (Wildman–Crippen LogP) is 3.60. The molecule has 0 aromatic rings. The van der Waals surface area contributed by atoms with Crippen molar-refractivity contribution in [3.05, 3.63) is 12.1 Å². The molecular weight excluding hydrogens is 267 g/mol. The molecule has 1 aliphatic rings. The first-order valence-corrected chi connectivity index (χ1v) is 6.99. The zero-order valence-electron chi connectivity index (χ0n) is 10.9. The molecule has 0 saturated carbocycles. The summed E-state index contributed by atoms with van der Waals surface area (Å²) in [5.41, 5.74) is -0.466. The molecule has 0 aromatic carbocycles. The normalized spacial score (nSPS) is 25.2. The summed E-state index contributed by atoms with van der Waals surface area (Å²) in [4.78, 5) is 0. The predicted molar refractivity (Wildman–Crippen MR) is 72.8 cm³/mol. The van der Waals surface area contributed by atoms with Crippen molar-refractivity contribution >= 4 is 23.0 Å². The third kappa shape index (κ3) is 3.35. The molecule has 1 saturated heterocycles.